The van der Waals surface area contributed by atoms with Gasteiger partial charge in [0.1, 0.15) is 0 Å². The largest absolute Gasteiger partial charge is 0.437 e. The van der Waals surface area contributed by atoms with E-state index in [9.17, 15) is 0 Å². The number of carbonyl (C=O) groups excluding carboxylic acids is 2. The van der Waals surface area contributed by atoms with E-state index in [1.165, 1.54) is 112 Å². The third kappa shape index (κ3) is 19.8. The van der Waals surface area contributed by atoms with Gasteiger partial charge in [-0.2, -0.15) is 0 Å². The molecule has 2 unspecified atom stereocenters. The zero-order valence-corrected chi connectivity index (χ0v) is 74.9. The lowest BCUT2D eigenvalue weighted by molar-refractivity contribution is 0.0980. The molecular weight excluding hydrogens is 1460 g/mol. The molecule has 0 saturated heterocycles. The normalized spacial score (nSPS) is 14.2. The fourth-order valence-corrected chi connectivity index (χ4v) is 49.5. The molecule has 20 heteroatoms. The molecule has 6 nitrogen and oxygen atoms in total. The van der Waals surface area contributed by atoms with Crippen molar-refractivity contribution in [3.8, 4) is 50.1 Å². The van der Waals surface area contributed by atoms with Gasteiger partial charge in [-0.05, 0) is 219 Å². The molecule has 2 atom stereocenters. The Morgan fingerprint density at radius 2 is 0.837 bits per heavy atom. The maximum Gasteiger partial charge on any atom is 0.314 e. The molecule has 10 rings (SSSR count). The molecule has 1 aliphatic carbocycles. The Kier molecular flexibility index (Phi) is 26.8. The van der Waals surface area contributed by atoms with Gasteiger partial charge in [0.15, 0.2) is 44.8 Å². The SMILES string of the molecule is CCCCC(CC)Cc1sc(CC(CC)CCCC)c2c1C(=O)c1c(-c3cccs3)sc(-c3ccc(-c4cc5c(-c6ccc(CCCCCC[Si](C)(O[Si](C)(C)C)O[Si](C)(C)C)s6)c6sccc6c(-c6ccc(CCCCCC[Si](C)(O[Si](C)(C)C)O[Si](C)(C)C)s6)c5s4)s3)c1C2=O. The summed E-state index contributed by atoms with van der Waals surface area (Å²) in [5, 5.41) is 7.08. The van der Waals surface area contributed by atoms with Crippen molar-refractivity contribution < 1.29 is 26.0 Å². The van der Waals surface area contributed by atoms with Crippen molar-refractivity contribution in [2.24, 2.45) is 11.8 Å². The van der Waals surface area contributed by atoms with E-state index in [2.05, 4.69) is 191 Å². The lowest BCUT2D eigenvalue weighted by atomic mass is 9.81. The van der Waals surface area contributed by atoms with Gasteiger partial charge in [-0.3, -0.25) is 9.59 Å². The van der Waals surface area contributed by atoms with E-state index in [0.29, 0.717) is 23.0 Å². The monoisotopic (exact) mass is 1570 g/mol. The zero-order chi connectivity index (χ0) is 70.5. The van der Waals surface area contributed by atoms with Crippen LogP contribution in [0.2, 0.25) is 104 Å². The van der Waals surface area contributed by atoms with Crippen molar-refractivity contribution in [2.45, 2.75) is 260 Å². The van der Waals surface area contributed by atoms with Crippen LogP contribution in [-0.2, 0) is 42.1 Å². The summed E-state index contributed by atoms with van der Waals surface area (Å²) in [4.78, 5) is 46.1. The third-order valence-corrected chi connectivity index (χ3v) is 47.2. The molecule has 9 aromatic rings. The number of aryl methyl sites for hydroxylation is 2. The quantitative estimate of drug-likeness (QED) is 0.0282. The highest BCUT2D eigenvalue weighted by Gasteiger charge is 2.44. The second-order valence-corrected chi connectivity index (χ2v) is 66.2. The molecule has 0 aliphatic heterocycles. The molecule has 0 N–H and O–H groups in total. The van der Waals surface area contributed by atoms with Crippen LogP contribution in [0.5, 0.6) is 0 Å². The standard InChI is InChI=1S/C78H112O6S8Si6/c1-19-23-34-53(21-3)50-65-69-70(66(90-65)51-54(22-4)35-24-20-2)74(80)72-71(73(69)79)77(62-38-33-46-85-62)92-78(72)63-44-43-59(89-63)64-52-58-68(61-42-40-56(88-61)37-30-26-28-32-49-98(18,83-95(11,12)13)84-96(14,15)16)75-57(45-47-86-75)67(76(58)91-64)60-41-39-55(87-60)36-29-25-27-31-48-97(17,81-93(5,6)7)82-94(8,9)10/h33,38-47,52-54H,19-32,34-37,48-51H2,1-18H3. The van der Waals surface area contributed by atoms with Crippen molar-refractivity contribution in [2.75, 3.05) is 0 Å². The molecule has 0 bridgehead atoms. The van der Waals surface area contributed by atoms with Crippen LogP contribution in [0.15, 0.2) is 71.4 Å². The molecule has 98 heavy (non-hydrogen) atoms. The summed E-state index contributed by atoms with van der Waals surface area (Å²) >= 11 is 14.7. The minimum Gasteiger partial charge on any atom is -0.437 e. The van der Waals surface area contributed by atoms with Gasteiger partial charge in [0.25, 0.3) is 0 Å². The van der Waals surface area contributed by atoms with Crippen LogP contribution in [0.4, 0.5) is 0 Å². The van der Waals surface area contributed by atoms with Crippen LogP contribution in [0.3, 0.4) is 0 Å². The number of thiophene rings is 8. The highest BCUT2D eigenvalue weighted by Crippen LogP contribution is 2.56. The first-order valence-electron chi connectivity index (χ1n) is 36.9. The summed E-state index contributed by atoms with van der Waals surface area (Å²) in [7, 11) is -11.4. The summed E-state index contributed by atoms with van der Waals surface area (Å²) in [5.74, 6) is 1.08. The molecule has 532 valence electrons. The number of hydrogen-bond donors (Lipinski definition) is 0. The Morgan fingerprint density at radius 3 is 1.30 bits per heavy atom. The van der Waals surface area contributed by atoms with E-state index in [4.69, 9.17) is 16.5 Å². The van der Waals surface area contributed by atoms with Crippen LogP contribution in [0.25, 0.3) is 70.3 Å². The molecule has 0 spiro atoms. The second kappa shape index (κ2) is 33.5. The number of unbranched alkanes of at least 4 members (excludes halogenated alkanes) is 8. The number of hydrogen-bond acceptors (Lipinski definition) is 14. The molecule has 0 amide bonds. The minimum absolute atomic E-state index is 0.0600. The maximum absolute atomic E-state index is 16.0. The molecular formula is C78H112O6S8Si6. The first-order valence-corrected chi connectivity index (χ1v) is 62.2. The summed E-state index contributed by atoms with van der Waals surface area (Å²) in [6.07, 6.45) is 22.5. The van der Waals surface area contributed by atoms with Crippen molar-refractivity contribution in [3.63, 3.8) is 0 Å². The topological polar surface area (TPSA) is 71.1 Å². The van der Waals surface area contributed by atoms with Gasteiger partial charge in [0.05, 0.1) is 20.9 Å². The highest BCUT2D eigenvalue weighted by atomic mass is 32.1. The van der Waals surface area contributed by atoms with Crippen molar-refractivity contribution in [3.05, 3.63) is 113 Å². The Bertz CT molecular complexity index is 3950. The van der Waals surface area contributed by atoms with Crippen LogP contribution in [-0.4, -0.2) is 62.0 Å². The molecule has 1 aromatic carbocycles. The maximum atomic E-state index is 16.0. The average Bonchev–Trinajstić information content (AvgIpc) is 1.56. The fourth-order valence-electron chi connectivity index (χ4n) is 14.8. The Labute approximate surface area is 627 Å². The summed E-state index contributed by atoms with van der Waals surface area (Å²) < 4.78 is 30.2. The fraction of sp³-hybridized carbons (Fsp3) is 0.538. The number of rotatable bonds is 39. The van der Waals surface area contributed by atoms with Crippen LogP contribution < -0.4 is 0 Å². The summed E-state index contributed by atoms with van der Waals surface area (Å²) in [6.45, 7) is 41.5. The third-order valence-electron chi connectivity index (χ3n) is 18.6. The first-order chi connectivity index (χ1) is 46.4. The molecule has 0 saturated carbocycles. The van der Waals surface area contributed by atoms with E-state index in [0.717, 1.165) is 130 Å². The summed E-state index contributed by atoms with van der Waals surface area (Å²) in [5.41, 5.74) is 5.42. The molecule has 0 radical (unpaired) electrons. The number of benzene rings is 1. The van der Waals surface area contributed by atoms with E-state index >= 15 is 9.59 Å². The van der Waals surface area contributed by atoms with Gasteiger partial charge in [0.2, 0.25) is 0 Å². The van der Waals surface area contributed by atoms with Crippen molar-refractivity contribution in [1.29, 1.82) is 0 Å². The smallest absolute Gasteiger partial charge is 0.314 e. The average molecular weight is 1570 g/mol. The number of carbonyl (C=O) groups is 2. The number of ketones is 2. The predicted molar refractivity (Wildman–Crippen MR) is 454 cm³/mol. The molecule has 1 aliphatic rings. The van der Waals surface area contributed by atoms with Crippen LogP contribution >= 0.6 is 90.7 Å². The number of fused-ring (bicyclic) bond motifs is 4. The van der Waals surface area contributed by atoms with Crippen molar-refractivity contribution >= 4 is 173 Å². The van der Waals surface area contributed by atoms with Crippen LogP contribution in [0.1, 0.15) is 182 Å². The predicted octanol–water partition coefficient (Wildman–Crippen LogP) is 28.9. The highest BCUT2D eigenvalue weighted by molar-refractivity contribution is 7.31. The van der Waals surface area contributed by atoms with E-state index < -0.39 is 50.4 Å². The minimum atomic E-state index is -2.25. The second-order valence-electron chi connectivity index (χ2n) is 32.0. The zero-order valence-electron chi connectivity index (χ0n) is 62.4. The van der Waals surface area contributed by atoms with Gasteiger partial charge in [-0.15, -0.1) is 90.7 Å². The lowest BCUT2D eigenvalue weighted by Gasteiger charge is -2.38. The Morgan fingerprint density at radius 1 is 0.378 bits per heavy atom. The van der Waals surface area contributed by atoms with E-state index in [1.54, 1.807) is 45.3 Å². The first kappa shape index (κ1) is 78.4. The molecule has 8 heterocycles. The van der Waals surface area contributed by atoms with Gasteiger partial charge in [0, 0.05) is 91.2 Å². The van der Waals surface area contributed by atoms with E-state index in [-0.39, 0.29) is 11.6 Å². The molecule has 0 fully saturated rings. The van der Waals surface area contributed by atoms with Crippen molar-refractivity contribution in [1.82, 2.24) is 0 Å². The van der Waals surface area contributed by atoms with Gasteiger partial charge < -0.3 is 16.5 Å². The van der Waals surface area contributed by atoms with Gasteiger partial charge >= 0.3 is 17.1 Å². The Balaban J connectivity index is 0.986. The van der Waals surface area contributed by atoms with Gasteiger partial charge in [-0.1, -0.05) is 124 Å². The molecule has 8 aromatic heterocycles. The van der Waals surface area contributed by atoms with Gasteiger partial charge in [-0.25, -0.2) is 0 Å². The Hall–Kier alpha value is -2.18. The summed E-state index contributed by atoms with van der Waals surface area (Å²) in [6, 6.07) is 25.5. The van der Waals surface area contributed by atoms with E-state index in [1.807, 2.05) is 45.3 Å². The van der Waals surface area contributed by atoms with Crippen LogP contribution in [0, 0.1) is 11.8 Å². The lowest BCUT2D eigenvalue weighted by Crippen LogP contribution is -2.52.